The summed E-state index contributed by atoms with van der Waals surface area (Å²) in [6.07, 6.45) is 1.10. The summed E-state index contributed by atoms with van der Waals surface area (Å²) in [6, 6.07) is 20.3. The Morgan fingerprint density at radius 3 is 2.00 bits per heavy atom. The van der Waals surface area contributed by atoms with Crippen LogP contribution in [0.4, 0.5) is 8.78 Å². The molecule has 3 aromatic carbocycles. The van der Waals surface area contributed by atoms with Crippen LogP contribution in [-0.2, 0) is 19.7 Å². The Morgan fingerprint density at radius 2 is 1.41 bits per heavy atom. The fourth-order valence-electron chi connectivity index (χ4n) is 4.35. The molecule has 0 unspecified atom stereocenters. The van der Waals surface area contributed by atoms with Gasteiger partial charge in [0.1, 0.15) is 30.5 Å². The second kappa shape index (κ2) is 10.8. The minimum absolute atomic E-state index is 0.000636. The molecule has 1 aliphatic rings. The van der Waals surface area contributed by atoms with E-state index < -0.39 is 40.3 Å². The van der Waals surface area contributed by atoms with Crippen molar-refractivity contribution in [1.82, 2.24) is 9.58 Å². The topological polar surface area (TPSA) is 92.1 Å². The zero-order valence-electron chi connectivity index (χ0n) is 20.6. The molecule has 0 saturated carbocycles. The van der Waals surface area contributed by atoms with Crippen LogP contribution in [0.3, 0.4) is 0 Å². The number of halogens is 2. The quantitative estimate of drug-likeness (QED) is 0.367. The number of ether oxygens (including phenoxy) is 1. The van der Waals surface area contributed by atoms with Gasteiger partial charge >= 0.3 is 5.97 Å². The predicted molar refractivity (Wildman–Crippen MR) is 138 cm³/mol. The molecule has 0 aliphatic carbocycles. The Kier molecular flexibility index (Phi) is 7.09. The molecule has 4 aromatic rings. The molecular weight excluding hydrogens is 508 g/mol. The first-order valence-electron chi connectivity index (χ1n) is 12.0. The van der Waals surface area contributed by atoms with E-state index in [-0.39, 0.29) is 32.1 Å². The van der Waals surface area contributed by atoms with E-state index in [1.54, 1.807) is 53.5 Å². The zero-order chi connectivity index (χ0) is 27.5. The number of aromatic carboxylic acids is 1. The van der Waals surface area contributed by atoms with Crippen LogP contribution in [0.5, 0.6) is 5.75 Å². The van der Waals surface area contributed by atoms with E-state index in [1.165, 1.54) is 33.8 Å². The number of rotatable bonds is 8. The Hall–Kier alpha value is -4.99. The summed E-state index contributed by atoms with van der Waals surface area (Å²) in [7, 11) is 0. The average molecular weight is 532 g/mol. The lowest BCUT2D eigenvalue weighted by Gasteiger charge is -2.40. The first kappa shape index (κ1) is 25.7. The van der Waals surface area contributed by atoms with Crippen LogP contribution in [0.2, 0.25) is 0 Å². The van der Waals surface area contributed by atoms with Gasteiger partial charge in [0.05, 0.1) is 6.54 Å². The van der Waals surface area contributed by atoms with Crippen molar-refractivity contribution in [2.45, 2.75) is 19.7 Å². The van der Waals surface area contributed by atoms with Gasteiger partial charge in [-0.15, -0.1) is 0 Å². The third-order valence-corrected chi connectivity index (χ3v) is 6.30. The van der Waals surface area contributed by atoms with Gasteiger partial charge in [-0.25, -0.2) is 13.6 Å². The molecule has 1 aromatic heterocycles. The largest absolute Gasteiger partial charge is 0.482 e. The van der Waals surface area contributed by atoms with Crippen molar-refractivity contribution in [1.29, 1.82) is 0 Å². The van der Waals surface area contributed by atoms with E-state index >= 15 is 0 Å². The van der Waals surface area contributed by atoms with Crippen LogP contribution < -0.4 is 15.2 Å². The number of carboxylic acids is 1. The highest BCUT2D eigenvalue weighted by molar-refractivity contribution is 5.98. The average Bonchev–Trinajstić information content (AvgIpc) is 2.93. The van der Waals surface area contributed by atoms with Crippen molar-refractivity contribution in [3.8, 4) is 5.75 Å². The van der Waals surface area contributed by atoms with Crippen molar-refractivity contribution in [3.05, 3.63) is 135 Å². The van der Waals surface area contributed by atoms with Gasteiger partial charge in [-0.1, -0.05) is 54.6 Å². The maximum absolute atomic E-state index is 13.8. The number of amides is 1. The number of carbonyl (C=O) groups excluding carboxylic acids is 1. The van der Waals surface area contributed by atoms with Crippen LogP contribution in [0, 0.1) is 11.6 Å². The van der Waals surface area contributed by atoms with Crippen LogP contribution in [-0.4, -0.2) is 33.2 Å². The second-order valence-electron chi connectivity index (χ2n) is 9.04. The predicted octanol–water partition coefficient (Wildman–Crippen LogP) is 4.16. The van der Waals surface area contributed by atoms with Gasteiger partial charge in [0.2, 0.25) is 5.43 Å². The summed E-state index contributed by atoms with van der Waals surface area (Å²) in [6.45, 7) is 0.169. The third kappa shape index (κ3) is 5.49. The number of hydrogen-bond acceptors (Lipinski definition) is 5. The van der Waals surface area contributed by atoms with E-state index in [2.05, 4.69) is 0 Å². The van der Waals surface area contributed by atoms with Gasteiger partial charge in [-0.2, -0.15) is 0 Å². The molecular formula is C29H23F2N3O5. The van der Waals surface area contributed by atoms with E-state index in [9.17, 15) is 28.3 Å². The summed E-state index contributed by atoms with van der Waals surface area (Å²) < 4.78 is 34.2. The van der Waals surface area contributed by atoms with Crippen molar-refractivity contribution in [2.75, 3.05) is 11.7 Å². The molecule has 0 atom stereocenters. The van der Waals surface area contributed by atoms with Gasteiger partial charge in [-0.3, -0.25) is 19.3 Å². The molecule has 10 heteroatoms. The minimum Gasteiger partial charge on any atom is -0.482 e. The van der Waals surface area contributed by atoms with E-state index in [0.717, 1.165) is 6.20 Å². The van der Waals surface area contributed by atoms with Crippen LogP contribution in [0.1, 0.15) is 37.5 Å². The highest BCUT2D eigenvalue weighted by Crippen LogP contribution is 2.26. The van der Waals surface area contributed by atoms with Gasteiger partial charge < -0.3 is 14.7 Å². The summed E-state index contributed by atoms with van der Waals surface area (Å²) in [5, 5.41) is 11.4. The number of aromatic nitrogens is 1. The Bertz CT molecular complexity index is 1570. The Morgan fingerprint density at radius 1 is 0.821 bits per heavy atom. The maximum atomic E-state index is 13.8. The smallest absolute Gasteiger partial charge is 0.341 e. The number of carboxylic acid groups (broad SMARTS) is 1. The Labute approximate surface area is 221 Å². The molecule has 1 amide bonds. The number of carbonyl (C=O) groups is 2. The van der Waals surface area contributed by atoms with E-state index in [1.807, 2.05) is 6.07 Å². The molecule has 0 radical (unpaired) electrons. The first-order chi connectivity index (χ1) is 18.8. The number of benzene rings is 3. The fraction of sp³-hybridized carbons (Fsp3) is 0.138. The van der Waals surface area contributed by atoms with Crippen molar-refractivity contribution >= 4 is 11.9 Å². The molecule has 1 aliphatic heterocycles. The summed E-state index contributed by atoms with van der Waals surface area (Å²) in [5.74, 6) is -3.26. The van der Waals surface area contributed by atoms with Gasteiger partial charge in [0.25, 0.3) is 5.91 Å². The van der Waals surface area contributed by atoms with Gasteiger partial charge in [-0.05, 0) is 41.0 Å². The van der Waals surface area contributed by atoms with Crippen molar-refractivity contribution in [3.63, 3.8) is 0 Å². The lowest BCUT2D eigenvalue weighted by molar-refractivity contribution is 0.0651. The lowest BCUT2D eigenvalue weighted by Crippen LogP contribution is -2.54. The van der Waals surface area contributed by atoms with Crippen LogP contribution >= 0.6 is 0 Å². The maximum Gasteiger partial charge on any atom is 0.341 e. The molecule has 0 spiro atoms. The number of hydrogen-bond donors (Lipinski definition) is 1. The van der Waals surface area contributed by atoms with E-state index in [0.29, 0.717) is 16.7 Å². The van der Waals surface area contributed by atoms with Crippen LogP contribution in [0.15, 0.2) is 89.9 Å². The summed E-state index contributed by atoms with van der Waals surface area (Å²) in [5.41, 5.74) is 0.411. The molecule has 5 rings (SSSR count). The third-order valence-electron chi connectivity index (χ3n) is 6.30. The molecule has 198 valence electrons. The normalized spacial score (nSPS) is 12.8. The molecule has 0 saturated heterocycles. The minimum atomic E-state index is -1.47. The summed E-state index contributed by atoms with van der Waals surface area (Å²) in [4.78, 5) is 40.5. The molecule has 1 N–H and O–H groups in total. The number of fused-ring (bicyclic) bond motifs is 1. The zero-order valence-corrected chi connectivity index (χ0v) is 20.6. The van der Waals surface area contributed by atoms with Gasteiger partial charge in [0, 0.05) is 12.7 Å². The molecule has 2 heterocycles. The first-order valence-corrected chi connectivity index (χ1v) is 12.0. The lowest BCUT2D eigenvalue weighted by atomic mass is 10.1. The second-order valence-corrected chi connectivity index (χ2v) is 9.04. The van der Waals surface area contributed by atoms with Gasteiger partial charge in [0.15, 0.2) is 11.4 Å². The SMILES string of the molecule is O=C(O)c1cn2c(c(OCc3ccccc3)c1=O)C(=O)N(Cc1ccc(F)cc1)CN2Cc1ccc(F)cc1. The van der Waals surface area contributed by atoms with E-state index in [4.69, 9.17) is 4.74 Å². The van der Waals surface area contributed by atoms with Crippen molar-refractivity contribution in [2.24, 2.45) is 0 Å². The molecule has 0 fully saturated rings. The monoisotopic (exact) mass is 531 g/mol. The number of pyridine rings is 1. The molecule has 0 bridgehead atoms. The fourth-order valence-corrected chi connectivity index (χ4v) is 4.35. The summed E-state index contributed by atoms with van der Waals surface area (Å²) >= 11 is 0. The Balaban J connectivity index is 1.61. The standard InChI is InChI=1S/C29H23F2N3O5/c30-22-10-6-19(7-11-22)14-32-18-33(15-20-8-12-23(31)13-9-20)34-16-24(29(37)38)26(35)27(25(34)28(32)36)39-17-21-4-2-1-3-5-21/h1-13,16H,14-15,17-18H2,(H,37,38). The highest BCUT2D eigenvalue weighted by Gasteiger charge is 2.35. The molecule has 8 nitrogen and oxygen atoms in total. The van der Waals surface area contributed by atoms with Crippen LogP contribution in [0.25, 0.3) is 0 Å². The molecule has 39 heavy (non-hydrogen) atoms. The highest BCUT2D eigenvalue weighted by atomic mass is 19.1. The number of nitrogens with zero attached hydrogens (tertiary/aromatic N) is 3. The van der Waals surface area contributed by atoms with Crippen molar-refractivity contribution < 1.29 is 28.2 Å².